The molecule has 0 saturated heterocycles. The summed E-state index contributed by atoms with van der Waals surface area (Å²) in [7, 11) is 3.38. The lowest BCUT2D eigenvalue weighted by molar-refractivity contribution is -0.135. The van der Waals surface area contributed by atoms with Gasteiger partial charge in [-0.1, -0.05) is 24.4 Å². The van der Waals surface area contributed by atoms with Crippen molar-refractivity contribution < 1.29 is 9.53 Å². The number of nitrogens with zero attached hydrogens (tertiary/aromatic N) is 1. The predicted octanol–water partition coefficient (Wildman–Crippen LogP) is 1.18. The number of carbonyl (C=O) groups is 1. The summed E-state index contributed by atoms with van der Waals surface area (Å²) in [5, 5.41) is 0. The first-order valence-electron chi connectivity index (χ1n) is 5.19. The van der Waals surface area contributed by atoms with E-state index >= 15 is 0 Å². The molecule has 1 aromatic carbocycles. The van der Waals surface area contributed by atoms with Crippen LogP contribution in [-0.2, 0) is 4.79 Å². The fraction of sp³-hybridized carbons (Fsp3) is 0.333. The maximum Gasteiger partial charge on any atom is 0.262 e. The van der Waals surface area contributed by atoms with Gasteiger partial charge in [-0.25, -0.2) is 0 Å². The van der Waals surface area contributed by atoms with Gasteiger partial charge in [-0.05, 0) is 19.1 Å². The van der Waals surface area contributed by atoms with Gasteiger partial charge in [-0.3, -0.25) is 4.79 Å². The van der Waals surface area contributed by atoms with Crippen LogP contribution < -0.4 is 10.5 Å². The van der Waals surface area contributed by atoms with Crippen molar-refractivity contribution in [3.63, 3.8) is 0 Å². The van der Waals surface area contributed by atoms with Crippen molar-refractivity contribution in [3.05, 3.63) is 29.8 Å². The van der Waals surface area contributed by atoms with Crippen molar-refractivity contribution in [1.82, 2.24) is 4.90 Å². The molecule has 0 fully saturated rings. The van der Waals surface area contributed by atoms with Crippen molar-refractivity contribution in [3.8, 4) is 5.75 Å². The van der Waals surface area contributed by atoms with Gasteiger partial charge < -0.3 is 15.4 Å². The van der Waals surface area contributed by atoms with Crippen LogP contribution >= 0.6 is 12.2 Å². The molecule has 0 aliphatic heterocycles. The van der Waals surface area contributed by atoms with E-state index in [9.17, 15) is 4.79 Å². The van der Waals surface area contributed by atoms with Crippen molar-refractivity contribution in [2.24, 2.45) is 5.73 Å². The third kappa shape index (κ3) is 3.71. The predicted molar refractivity (Wildman–Crippen MR) is 71.1 cm³/mol. The van der Waals surface area contributed by atoms with E-state index in [0.717, 1.165) is 5.56 Å². The quantitative estimate of drug-likeness (QED) is 0.817. The molecule has 17 heavy (non-hydrogen) atoms. The monoisotopic (exact) mass is 252 g/mol. The number of likely N-dealkylation sites (N-methyl/N-ethyl adjacent to an activating group) is 1. The zero-order valence-electron chi connectivity index (χ0n) is 10.1. The highest BCUT2D eigenvalue weighted by molar-refractivity contribution is 7.80. The lowest BCUT2D eigenvalue weighted by atomic mass is 10.2. The maximum atomic E-state index is 11.6. The number of nitrogens with two attached hydrogens (primary N) is 1. The Kier molecular flexibility index (Phi) is 4.45. The third-order valence-corrected chi connectivity index (χ3v) is 2.46. The molecule has 0 aliphatic carbocycles. The van der Waals surface area contributed by atoms with E-state index in [1.807, 2.05) is 0 Å². The maximum absolute atomic E-state index is 11.6. The average molecular weight is 252 g/mol. The lowest BCUT2D eigenvalue weighted by Gasteiger charge is -2.18. The Hall–Kier alpha value is -1.62. The Bertz CT molecular complexity index is 432. The minimum atomic E-state index is -0.536. The van der Waals surface area contributed by atoms with Crippen molar-refractivity contribution in [2.75, 3.05) is 14.1 Å². The highest BCUT2D eigenvalue weighted by Crippen LogP contribution is 2.15. The summed E-state index contributed by atoms with van der Waals surface area (Å²) in [6.45, 7) is 1.70. The van der Waals surface area contributed by atoms with Gasteiger partial charge in [0.2, 0.25) is 0 Å². The second kappa shape index (κ2) is 5.63. The van der Waals surface area contributed by atoms with Gasteiger partial charge in [0.05, 0.1) is 0 Å². The summed E-state index contributed by atoms with van der Waals surface area (Å²) in [5.41, 5.74) is 6.25. The Morgan fingerprint density at radius 3 is 2.65 bits per heavy atom. The van der Waals surface area contributed by atoms with Crippen molar-refractivity contribution >= 4 is 23.1 Å². The summed E-state index contributed by atoms with van der Waals surface area (Å²) >= 11 is 4.88. The SMILES string of the molecule is CC(Oc1cccc(C(N)=S)c1)C(=O)N(C)C. The smallest absolute Gasteiger partial charge is 0.262 e. The van der Waals surface area contributed by atoms with Crippen LogP contribution in [-0.4, -0.2) is 36.0 Å². The zero-order valence-corrected chi connectivity index (χ0v) is 11.0. The lowest BCUT2D eigenvalue weighted by Crippen LogP contribution is -2.35. The first-order valence-corrected chi connectivity index (χ1v) is 5.60. The molecule has 1 atom stereocenters. The second-order valence-electron chi connectivity index (χ2n) is 3.88. The second-order valence-corrected chi connectivity index (χ2v) is 4.32. The number of hydrogen-bond donors (Lipinski definition) is 1. The van der Waals surface area contributed by atoms with E-state index in [-0.39, 0.29) is 5.91 Å². The normalized spacial score (nSPS) is 11.7. The topological polar surface area (TPSA) is 55.6 Å². The molecule has 0 heterocycles. The Labute approximate surface area is 106 Å². The molecule has 0 spiro atoms. The molecular weight excluding hydrogens is 236 g/mol. The summed E-state index contributed by atoms with van der Waals surface area (Å²) in [6.07, 6.45) is -0.536. The van der Waals surface area contributed by atoms with Crippen LogP contribution in [0.1, 0.15) is 12.5 Å². The molecule has 1 unspecified atom stereocenters. The number of ether oxygens (including phenoxy) is 1. The highest BCUT2D eigenvalue weighted by Gasteiger charge is 2.16. The molecule has 0 saturated carbocycles. The zero-order chi connectivity index (χ0) is 13.0. The first-order chi connectivity index (χ1) is 7.91. The molecule has 1 amide bonds. The fourth-order valence-corrected chi connectivity index (χ4v) is 1.47. The number of benzene rings is 1. The van der Waals surface area contributed by atoms with Crippen LogP contribution in [0.3, 0.4) is 0 Å². The number of amides is 1. The third-order valence-electron chi connectivity index (χ3n) is 2.22. The molecule has 1 aromatic rings. The van der Waals surface area contributed by atoms with E-state index in [2.05, 4.69) is 0 Å². The molecule has 0 aliphatic rings. The van der Waals surface area contributed by atoms with Gasteiger partial charge in [-0.15, -0.1) is 0 Å². The van der Waals surface area contributed by atoms with Gasteiger partial charge in [-0.2, -0.15) is 0 Å². The Morgan fingerprint density at radius 1 is 1.47 bits per heavy atom. The molecular formula is C12H16N2O2S. The van der Waals surface area contributed by atoms with Gasteiger partial charge in [0.15, 0.2) is 6.10 Å². The number of hydrogen-bond acceptors (Lipinski definition) is 3. The van der Waals surface area contributed by atoms with Gasteiger partial charge in [0, 0.05) is 19.7 Å². The molecule has 1 rings (SSSR count). The summed E-state index contributed by atoms with van der Waals surface area (Å²) in [4.78, 5) is 13.4. The molecule has 2 N–H and O–H groups in total. The Morgan fingerprint density at radius 2 is 2.12 bits per heavy atom. The van der Waals surface area contributed by atoms with Gasteiger partial charge in [0.25, 0.3) is 5.91 Å². The number of thiocarbonyl (C=S) groups is 1. The molecule has 0 bridgehead atoms. The fourth-order valence-electron chi connectivity index (χ4n) is 1.34. The minimum Gasteiger partial charge on any atom is -0.481 e. The van der Waals surface area contributed by atoms with Gasteiger partial charge >= 0.3 is 0 Å². The van der Waals surface area contributed by atoms with Crippen LogP contribution in [0.2, 0.25) is 0 Å². The van der Waals surface area contributed by atoms with E-state index < -0.39 is 6.10 Å². The average Bonchev–Trinajstić information content (AvgIpc) is 2.28. The Balaban J connectivity index is 2.78. The van der Waals surface area contributed by atoms with E-state index in [4.69, 9.17) is 22.7 Å². The largest absolute Gasteiger partial charge is 0.481 e. The number of rotatable bonds is 4. The molecule has 5 heteroatoms. The van der Waals surface area contributed by atoms with Crippen molar-refractivity contribution in [2.45, 2.75) is 13.0 Å². The van der Waals surface area contributed by atoms with Crippen LogP contribution in [0.15, 0.2) is 24.3 Å². The highest BCUT2D eigenvalue weighted by atomic mass is 32.1. The molecule has 4 nitrogen and oxygen atoms in total. The first kappa shape index (κ1) is 13.4. The minimum absolute atomic E-state index is 0.0919. The van der Waals surface area contributed by atoms with E-state index in [1.165, 1.54) is 4.90 Å². The summed E-state index contributed by atoms with van der Waals surface area (Å²) < 4.78 is 5.52. The van der Waals surface area contributed by atoms with Crippen molar-refractivity contribution in [1.29, 1.82) is 0 Å². The standard InChI is InChI=1S/C12H16N2O2S/c1-8(12(15)14(2)3)16-10-6-4-5-9(7-10)11(13)17/h4-8H,1-3H3,(H2,13,17). The summed E-state index contributed by atoms with van der Waals surface area (Å²) in [6, 6.07) is 7.08. The van der Waals surface area contributed by atoms with Crippen LogP contribution in [0.4, 0.5) is 0 Å². The molecule has 0 radical (unpaired) electrons. The summed E-state index contributed by atoms with van der Waals surface area (Å²) in [5.74, 6) is 0.490. The number of carbonyl (C=O) groups excluding carboxylic acids is 1. The van der Waals surface area contributed by atoms with Gasteiger partial charge in [0.1, 0.15) is 10.7 Å². The van der Waals surface area contributed by atoms with Crippen LogP contribution in [0.25, 0.3) is 0 Å². The van der Waals surface area contributed by atoms with Crippen LogP contribution in [0.5, 0.6) is 5.75 Å². The molecule has 0 aromatic heterocycles. The van der Waals surface area contributed by atoms with E-state index in [0.29, 0.717) is 10.7 Å². The molecule has 92 valence electrons. The van der Waals surface area contributed by atoms with Crippen LogP contribution in [0, 0.1) is 0 Å². The van der Waals surface area contributed by atoms with E-state index in [1.54, 1.807) is 45.3 Å².